The molecule has 2 aromatic carbocycles. The number of benzene rings is 2. The molecule has 1 N–H and O–H groups in total. The van der Waals surface area contributed by atoms with Crippen molar-refractivity contribution in [3.8, 4) is 5.75 Å². The maximum Gasteiger partial charge on any atom is 0.125 e. The predicted octanol–water partition coefficient (Wildman–Crippen LogP) is 4.34. The van der Waals surface area contributed by atoms with Gasteiger partial charge in [0.1, 0.15) is 18.5 Å². The molecule has 1 atom stereocenters. The van der Waals surface area contributed by atoms with Gasteiger partial charge in [0.05, 0.1) is 0 Å². The van der Waals surface area contributed by atoms with Crippen molar-refractivity contribution in [3.05, 3.63) is 63.7 Å². The van der Waals surface area contributed by atoms with Gasteiger partial charge in [-0.05, 0) is 56.9 Å². The summed E-state index contributed by atoms with van der Waals surface area (Å²) in [4.78, 5) is 0. The van der Waals surface area contributed by atoms with E-state index in [0.717, 1.165) is 33.6 Å². The number of aliphatic hydroxyl groups excluding tert-OH is 1. The molecule has 0 saturated heterocycles. The third-order valence-electron chi connectivity index (χ3n) is 3.89. The largest absolute Gasteiger partial charge is 0.490 e. The van der Waals surface area contributed by atoms with E-state index < -0.39 is 6.10 Å². The summed E-state index contributed by atoms with van der Waals surface area (Å²) in [6.45, 7) is 10.5. The molecule has 2 rings (SSSR count). The lowest BCUT2D eigenvalue weighted by Gasteiger charge is -2.17. The SMILES string of the molecule is Cc1cc(C)cc(C(O)COc2c(C)ccc(C)c2C)c1. The van der Waals surface area contributed by atoms with Crippen molar-refractivity contribution in [2.45, 2.75) is 40.7 Å². The second kappa shape index (κ2) is 6.31. The van der Waals surface area contributed by atoms with Gasteiger partial charge in [0.2, 0.25) is 0 Å². The van der Waals surface area contributed by atoms with Crippen LogP contribution in [0.4, 0.5) is 0 Å². The lowest BCUT2D eigenvalue weighted by Crippen LogP contribution is -2.11. The molecule has 0 bridgehead atoms. The maximum absolute atomic E-state index is 10.4. The van der Waals surface area contributed by atoms with Crippen molar-refractivity contribution in [1.82, 2.24) is 0 Å². The Labute approximate surface area is 127 Å². The summed E-state index contributed by atoms with van der Waals surface area (Å²) in [5, 5.41) is 10.4. The van der Waals surface area contributed by atoms with Crippen LogP contribution in [0.25, 0.3) is 0 Å². The van der Waals surface area contributed by atoms with Crippen LogP contribution < -0.4 is 4.74 Å². The van der Waals surface area contributed by atoms with Crippen molar-refractivity contribution in [3.63, 3.8) is 0 Å². The number of hydrogen-bond donors (Lipinski definition) is 1. The first-order valence-electron chi connectivity index (χ1n) is 7.34. The minimum absolute atomic E-state index is 0.272. The molecule has 0 aromatic heterocycles. The van der Waals surface area contributed by atoms with E-state index in [1.165, 1.54) is 5.56 Å². The monoisotopic (exact) mass is 284 g/mol. The smallest absolute Gasteiger partial charge is 0.125 e. The van der Waals surface area contributed by atoms with Gasteiger partial charge in [-0.25, -0.2) is 0 Å². The van der Waals surface area contributed by atoms with Crippen LogP contribution in [-0.2, 0) is 0 Å². The van der Waals surface area contributed by atoms with Crippen LogP contribution in [0.2, 0.25) is 0 Å². The minimum atomic E-state index is -0.608. The highest BCUT2D eigenvalue weighted by molar-refractivity contribution is 5.44. The second-order valence-corrected chi connectivity index (χ2v) is 5.90. The normalized spacial score (nSPS) is 12.3. The fourth-order valence-electron chi connectivity index (χ4n) is 2.61. The molecule has 0 aliphatic rings. The van der Waals surface area contributed by atoms with Gasteiger partial charge in [-0.3, -0.25) is 0 Å². The summed E-state index contributed by atoms with van der Waals surface area (Å²) >= 11 is 0. The zero-order chi connectivity index (χ0) is 15.6. The molecule has 21 heavy (non-hydrogen) atoms. The molecule has 2 heteroatoms. The van der Waals surface area contributed by atoms with Gasteiger partial charge in [0, 0.05) is 0 Å². The average Bonchev–Trinajstić information content (AvgIpc) is 2.41. The first-order chi connectivity index (χ1) is 9.88. The summed E-state index contributed by atoms with van der Waals surface area (Å²) in [5.41, 5.74) is 6.68. The Balaban J connectivity index is 2.14. The summed E-state index contributed by atoms with van der Waals surface area (Å²) in [5.74, 6) is 0.887. The third-order valence-corrected chi connectivity index (χ3v) is 3.89. The summed E-state index contributed by atoms with van der Waals surface area (Å²) in [6, 6.07) is 10.3. The summed E-state index contributed by atoms with van der Waals surface area (Å²) < 4.78 is 5.89. The fourth-order valence-corrected chi connectivity index (χ4v) is 2.61. The molecule has 112 valence electrons. The molecular weight excluding hydrogens is 260 g/mol. The Hall–Kier alpha value is -1.80. The van der Waals surface area contributed by atoms with Crippen LogP contribution in [0.5, 0.6) is 5.75 Å². The highest BCUT2D eigenvalue weighted by Gasteiger charge is 2.12. The van der Waals surface area contributed by atoms with Crippen molar-refractivity contribution in [2.24, 2.45) is 0 Å². The Kier molecular flexibility index (Phi) is 4.69. The van der Waals surface area contributed by atoms with Crippen molar-refractivity contribution in [1.29, 1.82) is 0 Å². The number of aliphatic hydroxyl groups is 1. The van der Waals surface area contributed by atoms with E-state index in [2.05, 4.69) is 32.0 Å². The van der Waals surface area contributed by atoms with Crippen LogP contribution in [-0.4, -0.2) is 11.7 Å². The molecule has 2 aromatic rings. The molecule has 0 saturated carbocycles. The summed E-state index contributed by atoms with van der Waals surface area (Å²) in [6.07, 6.45) is -0.608. The van der Waals surface area contributed by atoms with Crippen LogP contribution >= 0.6 is 0 Å². The topological polar surface area (TPSA) is 29.5 Å². The van der Waals surface area contributed by atoms with Crippen LogP contribution in [0.15, 0.2) is 30.3 Å². The number of ether oxygens (including phenoxy) is 1. The van der Waals surface area contributed by atoms with Gasteiger partial charge in [-0.1, -0.05) is 41.5 Å². The van der Waals surface area contributed by atoms with E-state index >= 15 is 0 Å². The molecule has 2 nitrogen and oxygen atoms in total. The molecule has 0 aliphatic carbocycles. The molecule has 0 fully saturated rings. The maximum atomic E-state index is 10.4. The number of aryl methyl sites for hydroxylation is 4. The first kappa shape index (κ1) is 15.6. The van der Waals surface area contributed by atoms with Gasteiger partial charge in [-0.2, -0.15) is 0 Å². The van der Waals surface area contributed by atoms with E-state index in [1.54, 1.807) is 0 Å². The highest BCUT2D eigenvalue weighted by Crippen LogP contribution is 2.27. The lowest BCUT2D eigenvalue weighted by molar-refractivity contribution is 0.107. The number of hydrogen-bond acceptors (Lipinski definition) is 2. The fraction of sp³-hybridized carbons (Fsp3) is 0.368. The predicted molar refractivity (Wildman–Crippen MR) is 87.0 cm³/mol. The Morgan fingerprint density at radius 3 is 2.10 bits per heavy atom. The molecule has 1 unspecified atom stereocenters. The van der Waals surface area contributed by atoms with Gasteiger partial charge < -0.3 is 9.84 Å². The highest BCUT2D eigenvalue weighted by atomic mass is 16.5. The van der Waals surface area contributed by atoms with Crippen LogP contribution in [0.1, 0.15) is 39.5 Å². The van der Waals surface area contributed by atoms with Crippen molar-refractivity contribution < 1.29 is 9.84 Å². The van der Waals surface area contributed by atoms with Crippen LogP contribution in [0.3, 0.4) is 0 Å². The molecule has 0 aliphatic heterocycles. The second-order valence-electron chi connectivity index (χ2n) is 5.90. The quantitative estimate of drug-likeness (QED) is 0.905. The standard InChI is InChI=1S/C19H24O2/c1-12-8-13(2)10-17(9-12)18(20)11-21-19-15(4)7-6-14(3)16(19)5/h6-10,18,20H,11H2,1-5H3. The zero-order valence-electron chi connectivity index (χ0n) is 13.5. The Morgan fingerprint density at radius 1 is 0.905 bits per heavy atom. The van der Waals surface area contributed by atoms with Crippen molar-refractivity contribution >= 4 is 0 Å². The zero-order valence-corrected chi connectivity index (χ0v) is 13.5. The lowest BCUT2D eigenvalue weighted by atomic mass is 10.0. The van der Waals surface area contributed by atoms with Gasteiger partial charge in [-0.15, -0.1) is 0 Å². The van der Waals surface area contributed by atoms with E-state index in [1.807, 2.05) is 32.9 Å². The molecule has 0 spiro atoms. The minimum Gasteiger partial charge on any atom is -0.490 e. The molecule has 0 amide bonds. The first-order valence-corrected chi connectivity index (χ1v) is 7.34. The van der Waals surface area contributed by atoms with Crippen LogP contribution in [0, 0.1) is 34.6 Å². The number of rotatable bonds is 4. The van der Waals surface area contributed by atoms with E-state index in [0.29, 0.717) is 0 Å². The summed E-state index contributed by atoms with van der Waals surface area (Å²) in [7, 11) is 0. The van der Waals surface area contributed by atoms with E-state index in [4.69, 9.17) is 4.74 Å². The Bertz CT molecular complexity index is 624. The van der Waals surface area contributed by atoms with Gasteiger partial charge in [0.15, 0.2) is 0 Å². The van der Waals surface area contributed by atoms with Gasteiger partial charge >= 0.3 is 0 Å². The van der Waals surface area contributed by atoms with Crippen molar-refractivity contribution in [2.75, 3.05) is 6.61 Å². The third kappa shape index (κ3) is 3.64. The van der Waals surface area contributed by atoms with Gasteiger partial charge in [0.25, 0.3) is 0 Å². The Morgan fingerprint density at radius 2 is 1.48 bits per heavy atom. The van der Waals surface area contributed by atoms with E-state index in [-0.39, 0.29) is 6.61 Å². The molecular formula is C19H24O2. The average molecular weight is 284 g/mol. The molecule has 0 radical (unpaired) electrons. The van der Waals surface area contributed by atoms with E-state index in [9.17, 15) is 5.11 Å². The molecule has 0 heterocycles.